The Kier molecular flexibility index (Phi) is 7.00. The molecule has 0 aromatic heterocycles. The summed E-state index contributed by atoms with van der Waals surface area (Å²) >= 11 is 5.04. The van der Waals surface area contributed by atoms with Crippen LogP contribution in [0.4, 0.5) is 5.69 Å². The van der Waals surface area contributed by atoms with Crippen LogP contribution in [-0.2, 0) is 17.8 Å². The molecule has 0 aliphatic rings. The molecule has 0 saturated heterocycles. The third-order valence-corrected chi connectivity index (χ3v) is 4.72. The first-order valence-corrected chi connectivity index (χ1v) is 9.20. The van der Waals surface area contributed by atoms with Gasteiger partial charge < -0.3 is 9.47 Å². The van der Waals surface area contributed by atoms with Crippen molar-refractivity contribution in [3.63, 3.8) is 0 Å². The van der Waals surface area contributed by atoms with Crippen LogP contribution in [-0.4, -0.2) is 17.5 Å². The molecule has 0 unspecified atom stereocenters. The molecule has 0 aliphatic carbocycles. The van der Waals surface area contributed by atoms with Gasteiger partial charge in [0.15, 0.2) is 0 Å². The standard InChI is InChI=1S/C21H27NO3S/c1-6-16-7-10-20(15(4)11-16)25-13-18-12-17(14(2)3)8-9-19(18)22(23)21(26)24-5/h7-12,14,23H,6,13H2,1-5H3. The maximum absolute atomic E-state index is 10.3. The Morgan fingerprint density at radius 3 is 2.50 bits per heavy atom. The molecule has 1 N–H and O–H groups in total. The Bertz CT molecular complexity index is 774. The van der Waals surface area contributed by atoms with Gasteiger partial charge in [0, 0.05) is 5.56 Å². The van der Waals surface area contributed by atoms with Crippen molar-refractivity contribution in [1.82, 2.24) is 0 Å². The van der Waals surface area contributed by atoms with Gasteiger partial charge in [0.25, 0.3) is 5.17 Å². The fourth-order valence-corrected chi connectivity index (χ4v) is 2.82. The second-order valence-corrected chi connectivity index (χ2v) is 6.92. The lowest BCUT2D eigenvalue weighted by molar-refractivity contribution is 0.264. The van der Waals surface area contributed by atoms with E-state index >= 15 is 0 Å². The Labute approximate surface area is 161 Å². The van der Waals surface area contributed by atoms with E-state index < -0.39 is 0 Å². The second-order valence-electron chi connectivity index (χ2n) is 6.57. The number of anilines is 1. The average molecular weight is 374 g/mol. The third kappa shape index (κ3) is 4.74. The number of ether oxygens (including phenoxy) is 2. The number of hydrogen-bond acceptors (Lipinski definition) is 4. The summed E-state index contributed by atoms with van der Waals surface area (Å²) in [4.78, 5) is 0. The van der Waals surface area contributed by atoms with Crippen molar-refractivity contribution >= 4 is 23.1 Å². The largest absolute Gasteiger partial charge is 0.489 e. The molecule has 0 heterocycles. The molecule has 4 nitrogen and oxygen atoms in total. The molecule has 0 fully saturated rings. The van der Waals surface area contributed by atoms with E-state index in [1.54, 1.807) is 0 Å². The molecule has 0 saturated carbocycles. The summed E-state index contributed by atoms with van der Waals surface area (Å²) in [6, 6.07) is 12.1. The molecule has 2 rings (SSSR count). The number of benzene rings is 2. The highest BCUT2D eigenvalue weighted by molar-refractivity contribution is 7.80. The van der Waals surface area contributed by atoms with Crippen LogP contribution < -0.4 is 9.80 Å². The normalized spacial score (nSPS) is 10.7. The quantitative estimate of drug-likeness (QED) is 0.543. The van der Waals surface area contributed by atoms with Gasteiger partial charge in [-0.25, -0.2) is 0 Å². The molecule has 2 aromatic carbocycles. The summed E-state index contributed by atoms with van der Waals surface area (Å²) in [6.07, 6.45) is 0.996. The van der Waals surface area contributed by atoms with Gasteiger partial charge in [-0.2, -0.15) is 5.06 Å². The van der Waals surface area contributed by atoms with Crippen molar-refractivity contribution in [2.75, 3.05) is 12.2 Å². The molecule has 0 radical (unpaired) electrons. The van der Waals surface area contributed by atoms with Crippen molar-refractivity contribution in [1.29, 1.82) is 0 Å². The maximum Gasteiger partial charge on any atom is 0.288 e. The van der Waals surface area contributed by atoms with Crippen LogP contribution in [0.2, 0.25) is 0 Å². The number of aryl methyl sites for hydroxylation is 2. The molecule has 0 bridgehead atoms. The lowest BCUT2D eigenvalue weighted by atomic mass is 10.00. The van der Waals surface area contributed by atoms with Gasteiger partial charge in [-0.15, -0.1) is 0 Å². The number of hydroxylamine groups is 1. The van der Waals surface area contributed by atoms with E-state index in [1.165, 1.54) is 18.2 Å². The monoisotopic (exact) mass is 373 g/mol. The van der Waals surface area contributed by atoms with E-state index in [0.29, 0.717) is 18.2 Å². The van der Waals surface area contributed by atoms with Crippen molar-refractivity contribution in [2.45, 2.75) is 46.6 Å². The van der Waals surface area contributed by atoms with Gasteiger partial charge in [0.2, 0.25) is 0 Å². The topological polar surface area (TPSA) is 41.9 Å². The molecule has 26 heavy (non-hydrogen) atoms. The number of thiocarbonyl (C=S) groups is 1. The summed E-state index contributed by atoms with van der Waals surface area (Å²) in [5, 5.41) is 11.2. The molecule has 2 aromatic rings. The van der Waals surface area contributed by atoms with Gasteiger partial charge in [0.05, 0.1) is 12.8 Å². The van der Waals surface area contributed by atoms with Crippen molar-refractivity contribution < 1.29 is 14.7 Å². The smallest absolute Gasteiger partial charge is 0.288 e. The summed E-state index contributed by atoms with van der Waals surface area (Å²) in [7, 11) is 1.43. The maximum atomic E-state index is 10.3. The van der Waals surface area contributed by atoms with Crippen LogP contribution in [0.25, 0.3) is 0 Å². The van der Waals surface area contributed by atoms with Crippen molar-refractivity contribution in [3.8, 4) is 5.75 Å². The molecular formula is C21H27NO3S. The number of rotatable bonds is 6. The zero-order valence-corrected chi connectivity index (χ0v) is 16.9. The summed E-state index contributed by atoms with van der Waals surface area (Å²) in [6.45, 7) is 8.75. The van der Waals surface area contributed by atoms with E-state index in [9.17, 15) is 5.21 Å². The Morgan fingerprint density at radius 2 is 1.92 bits per heavy atom. The van der Waals surface area contributed by atoms with Gasteiger partial charge in [0.1, 0.15) is 12.4 Å². The SMILES string of the molecule is CCc1ccc(OCc2cc(C(C)C)ccc2N(O)C(=S)OC)c(C)c1. The minimum absolute atomic E-state index is 0.00738. The first-order chi connectivity index (χ1) is 12.4. The molecule has 5 heteroatoms. The lowest BCUT2D eigenvalue weighted by Crippen LogP contribution is -2.27. The van der Waals surface area contributed by atoms with E-state index in [-0.39, 0.29) is 5.17 Å². The van der Waals surface area contributed by atoms with Gasteiger partial charge in [-0.3, -0.25) is 5.21 Å². The summed E-state index contributed by atoms with van der Waals surface area (Å²) < 4.78 is 11.0. The highest BCUT2D eigenvalue weighted by Crippen LogP contribution is 2.28. The molecule has 140 valence electrons. The Balaban J connectivity index is 2.30. The average Bonchev–Trinajstić information content (AvgIpc) is 2.65. The highest BCUT2D eigenvalue weighted by atomic mass is 32.1. The third-order valence-electron chi connectivity index (χ3n) is 4.38. The molecule has 0 atom stereocenters. The molecule has 0 aliphatic heterocycles. The number of methoxy groups -OCH3 is 1. The van der Waals surface area contributed by atoms with E-state index in [2.05, 4.69) is 32.9 Å². The predicted octanol–water partition coefficient (Wildman–Crippen LogP) is 5.39. The molecule has 0 spiro atoms. The van der Waals surface area contributed by atoms with E-state index in [0.717, 1.165) is 28.4 Å². The summed E-state index contributed by atoms with van der Waals surface area (Å²) in [5.74, 6) is 1.21. The lowest BCUT2D eigenvalue weighted by Gasteiger charge is -2.21. The van der Waals surface area contributed by atoms with Gasteiger partial charge in [-0.05, 0) is 66.4 Å². The van der Waals surface area contributed by atoms with Crippen molar-refractivity contribution in [3.05, 3.63) is 58.7 Å². The number of hydrogen-bond donors (Lipinski definition) is 1. The van der Waals surface area contributed by atoms with Gasteiger partial charge in [-0.1, -0.05) is 39.0 Å². The van der Waals surface area contributed by atoms with Crippen LogP contribution in [0.3, 0.4) is 0 Å². The first kappa shape index (κ1) is 20.2. The van der Waals surface area contributed by atoms with Crippen LogP contribution in [0, 0.1) is 6.92 Å². The van der Waals surface area contributed by atoms with E-state index in [1.807, 2.05) is 31.2 Å². The zero-order valence-electron chi connectivity index (χ0n) is 16.1. The zero-order chi connectivity index (χ0) is 19.3. The highest BCUT2D eigenvalue weighted by Gasteiger charge is 2.16. The van der Waals surface area contributed by atoms with Crippen LogP contribution >= 0.6 is 12.2 Å². The predicted molar refractivity (Wildman–Crippen MR) is 109 cm³/mol. The van der Waals surface area contributed by atoms with E-state index in [4.69, 9.17) is 21.7 Å². The van der Waals surface area contributed by atoms with Crippen LogP contribution in [0.15, 0.2) is 36.4 Å². The first-order valence-electron chi connectivity index (χ1n) is 8.79. The molecule has 0 amide bonds. The fourth-order valence-electron chi connectivity index (χ4n) is 2.72. The van der Waals surface area contributed by atoms with Gasteiger partial charge >= 0.3 is 0 Å². The minimum atomic E-state index is -0.00738. The number of nitrogens with zero attached hydrogens (tertiary/aromatic N) is 1. The minimum Gasteiger partial charge on any atom is -0.489 e. The van der Waals surface area contributed by atoms with Crippen LogP contribution in [0.1, 0.15) is 48.9 Å². The molecular weight excluding hydrogens is 346 g/mol. The fraction of sp³-hybridized carbons (Fsp3) is 0.381. The Morgan fingerprint density at radius 1 is 1.19 bits per heavy atom. The Hall–Kier alpha value is -2.11. The van der Waals surface area contributed by atoms with Crippen molar-refractivity contribution in [2.24, 2.45) is 0 Å². The summed E-state index contributed by atoms with van der Waals surface area (Å²) in [5.41, 5.74) is 4.95. The van der Waals surface area contributed by atoms with Crippen LogP contribution in [0.5, 0.6) is 5.75 Å². The second kappa shape index (κ2) is 9.01.